The number of amides is 2. The van der Waals surface area contributed by atoms with E-state index in [1.807, 2.05) is 11.8 Å². The number of aromatic nitrogens is 1. The molecule has 2 saturated heterocycles. The van der Waals surface area contributed by atoms with Crippen LogP contribution >= 0.6 is 0 Å². The van der Waals surface area contributed by atoms with Gasteiger partial charge < -0.3 is 15.1 Å². The standard InChI is InChI=1S/C33H38N4O2/c1-23-6-10-26(11-7-23)31(28-14-18-36(3)19-15-28)27-12-8-25(9-13-27)21-35-32(38)29-20-30(24(2)34-22-29)33(39)37-16-4-5-17-37/h6-13,20,22H,4-5,14-19,21H2,1-3H3,(H,35,38). The zero-order valence-corrected chi connectivity index (χ0v) is 23.3. The Morgan fingerprint density at radius 1 is 0.846 bits per heavy atom. The Bertz CT molecular complexity index is 1360. The highest BCUT2D eigenvalue weighted by molar-refractivity contribution is 6.00. The van der Waals surface area contributed by atoms with E-state index < -0.39 is 0 Å². The van der Waals surface area contributed by atoms with Crippen LogP contribution < -0.4 is 5.32 Å². The minimum absolute atomic E-state index is 0.0362. The van der Waals surface area contributed by atoms with Gasteiger partial charge in [0.25, 0.3) is 11.8 Å². The van der Waals surface area contributed by atoms with Gasteiger partial charge in [0.05, 0.1) is 16.8 Å². The average Bonchev–Trinajstić information content (AvgIpc) is 3.50. The summed E-state index contributed by atoms with van der Waals surface area (Å²) in [6.07, 6.45) is 5.75. The molecule has 3 aromatic rings. The molecule has 3 heterocycles. The number of nitrogens with zero attached hydrogens (tertiary/aromatic N) is 3. The van der Waals surface area contributed by atoms with Gasteiger partial charge in [-0.25, -0.2) is 0 Å². The summed E-state index contributed by atoms with van der Waals surface area (Å²) in [4.78, 5) is 34.4. The quantitative estimate of drug-likeness (QED) is 0.471. The van der Waals surface area contributed by atoms with Crippen molar-refractivity contribution in [2.45, 2.75) is 46.1 Å². The average molecular weight is 523 g/mol. The molecule has 0 saturated carbocycles. The minimum Gasteiger partial charge on any atom is -0.348 e. The number of carbonyl (C=O) groups is 2. The molecule has 2 aliphatic heterocycles. The Hall–Kier alpha value is -3.77. The second kappa shape index (κ2) is 12.0. The topological polar surface area (TPSA) is 65.5 Å². The van der Waals surface area contributed by atoms with Crippen molar-refractivity contribution >= 4 is 17.4 Å². The highest BCUT2D eigenvalue weighted by Crippen LogP contribution is 2.32. The largest absolute Gasteiger partial charge is 0.348 e. The molecule has 2 aliphatic rings. The fraction of sp³-hybridized carbons (Fsp3) is 0.364. The minimum atomic E-state index is -0.226. The number of piperidine rings is 1. The van der Waals surface area contributed by atoms with E-state index in [0.29, 0.717) is 23.4 Å². The predicted octanol–water partition coefficient (Wildman–Crippen LogP) is 5.39. The molecule has 39 heavy (non-hydrogen) atoms. The van der Waals surface area contributed by atoms with Crippen LogP contribution in [0.5, 0.6) is 0 Å². The Labute approximate surface area is 231 Å². The molecule has 0 aliphatic carbocycles. The van der Waals surface area contributed by atoms with Crippen LogP contribution in [-0.4, -0.2) is 59.8 Å². The first-order chi connectivity index (χ1) is 18.9. The lowest BCUT2D eigenvalue weighted by atomic mass is 9.88. The van der Waals surface area contributed by atoms with Crippen LogP contribution in [0.15, 0.2) is 66.4 Å². The molecule has 2 amide bonds. The Morgan fingerprint density at radius 2 is 1.46 bits per heavy atom. The molecule has 2 aromatic carbocycles. The lowest BCUT2D eigenvalue weighted by molar-refractivity contribution is 0.0791. The second-order valence-electron chi connectivity index (χ2n) is 10.9. The molecular formula is C33H38N4O2. The molecule has 1 aromatic heterocycles. The predicted molar refractivity (Wildman–Crippen MR) is 156 cm³/mol. The summed E-state index contributed by atoms with van der Waals surface area (Å²) < 4.78 is 0. The fourth-order valence-electron chi connectivity index (χ4n) is 5.47. The SMILES string of the molecule is Cc1ccc(C(=C2CCN(C)CC2)c2ccc(CNC(=O)c3cnc(C)c(C(=O)N4CCCC4)c3)cc2)cc1. The van der Waals surface area contributed by atoms with Gasteiger partial charge in [-0.05, 0) is 74.9 Å². The summed E-state index contributed by atoms with van der Waals surface area (Å²) in [5.41, 5.74) is 9.17. The van der Waals surface area contributed by atoms with Crippen molar-refractivity contribution in [2.24, 2.45) is 0 Å². The van der Waals surface area contributed by atoms with E-state index in [1.165, 1.54) is 27.8 Å². The summed E-state index contributed by atoms with van der Waals surface area (Å²) >= 11 is 0. The Kier molecular flexibility index (Phi) is 8.22. The molecule has 6 nitrogen and oxygen atoms in total. The monoisotopic (exact) mass is 522 g/mol. The van der Waals surface area contributed by atoms with E-state index in [2.05, 4.69) is 77.7 Å². The molecule has 5 rings (SSSR count). The fourth-order valence-corrected chi connectivity index (χ4v) is 5.47. The van der Waals surface area contributed by atoms with Crippen LogP contribution in [0.2, 0.25) is 0 Å². The van der Waals surface area contributed by atoms with E-state index in [0.717, 1.165) is 57.4 Å². The number of nitrogens with one attached hydrogen (secondary N) is 1. The lowest BCUT2D eigenvalue weighted by Gasteiger charge is -2.27. The molecule has 1 N–H and O–H groups in total. The number of hydrogen-bond acceptors (Lipinski definition) is 4. The number of hydrogen-bond donors (Lipinski definition) is 1. The van der Waals surface area contributed by atoms with Crippen molar-refractivity contribution in [3.05, 3.63) is 105 Å². The highest BCUT2D eigenvalue weighted by Gasteiger charge is 2.23. The first-order valence-corrected chi connectivity index (χ1v) is 14.0. The maximum Gasteiger partial charge on any atom is 0.255 e. The van der Waals surface area contributed by atoms with E-state index in [9.17, 15) is 9.59 Å². The number of benzene rings is 2. The van der Waals surface area contributed by atoms with Crippen molar-refractivity contribution in [3.63, 3.8) is 0 Å². The first-order valence-electron chi connectivity index (χ1n) is 14.0. The summed E-state index contributed by atoms with van der Waals surface area (Å²) in [7, 11) is 2.18. The molecule has 0 spiro atoms. The Balaban J connectivity index is 1.30. The third-order valence-corrected chi connectivity index (χ3v) is 7.95. The van der Waals surface area contributed by atoms with Gasteiger partial charge in [-0.1, -0.05) is 59.7 Å². The van der Waals surface area contributed by atoms with Gasteiger partial charge in [0, 0.05) is 38.9 Å². The number of pyridine rings is 1. The van der Waals surface area contributed by atoms with Crippen LogP contribution in [0.4, 0.5) is 0 Å². The van der Waals surface area contributed by atoms with Gasteiger partial charge in [0.2, 0.25) is 0 Å². The summed E-state index contributed by atoms with van der Waals surface area (Å²) in [5.74, 6) is -0.262. The van der Waals surface area contributed by atoms with E-state index in [-0.39, 0.29) is 11.8 Å². The maximum atomic E-state index is 13.0. The number of rotatable bonds is 6. The van der Waals surface area contributed by atoms with Crippen molar-refractivity contribution < 1.29 is 9.59 Å². The first kappa shape index (κ1) is 26.8. The van der Waals surface area contributed by atoms with Gasteiger partial charge in [-0.2, -0.15) is 0 Å². The molecule has 0 bridgehead atoms. The van der Waals surface area contributed by atoms with Crippen molar-refractivity contribution in [2.75, 3.05) is 33.2 Å². The zero-order chi connectivity index (χ0) is 27.4. The van der Waals surface area contributed by atoms with E-state index >= 15 is 0 Å². The molecule has 0 unspecified atom stereocenters. The van der Waals surface area contributed by atoms with Crippen LogP contribution in [0, 0.1) is 13.8 Å². The summed E-state index contributed by atoms with van der Waals surface area (Å²) in [5, 5.41) is 3.00. The molecule has 0 radical (unpaired) electrons. The van der Waals surface area contributed by atoms with Crippen LogP contribution in [0.3, 0.4) is 0 Å². The van der Waals surface area contributed by atoms with Gasteiger partial charge >= 0.3 is 0 Å². The van der Waals surface area contributed by atoms with Gasteiger partial charge in [0.1, 0.15) is 0 Å². The third-order valence-electron chi connectivity index (χ3n) is 7.95. The second-order valence-corrected chi connectivity index (χ2v) is 10.9. The van der Waals surface area contributed by atoms with E-state index in [1.54, 1.807) is 12.3 Å². The highest BCUT2D eigenvalue weighted by atomic mass is 16.2. The van der Waals surface area contributed by atoms with E-state index in [4.69, 9.17) is 0 Å². The maximum absolute atomic E-state index is 13.0. The molecule has 0 atom stereocenters. The molecule has 202 valence electrons. The van der Waals surface area contributed by atoms with Gasteiger partial charge in [-0.15, -0.1) is 0 Å². The van der Waals surface area contributed by atoms with Crippen molar-refractivity contribution in [3.8, 4) is 0 Å². The van der Waals surface area contributed by atoms with Crippen LogP contribution in [0.1, 0.15) is 74.3 Å². The normalized spacial score (nSPS) is 15.9. The molecule has 6 heteroatoms. The number of aryl methyl sites for hydroxylation is 2. The molecular weight excluding hydrogens is 484 g/mol. The van der Waals surface area contributed by atoms with Gasteiger partial charge in [-0.3, -0.25) is 14.6 Å². The smallest absolute Gasteiger partial charge is 0.255 e. The van der Waals surface area contributed by atoms with Crippen LogP contribution in [0.25, 0.3) is 5.57 Å². The lowest BCUT2D eigenvalue weighted by Crippen LogP contribution is -2.29. The Morgan fingerprint density at radius 3 is 2.10 bits per heavy atom. The number of likely N-dealkylation sites (tertiary alicyclic amines) is 2. The molecule has 2 fully saturated rings. The van der Waals surface area contributed by atoms with Gasteiger partial charge in [0.15, 0.2) is 0 Å². The number of carbonyl (C=O) groups excluding carboxylic acids is 2. The summed E-state index contributed by atoms with van der Waals surface area (Å²) in [6.45, 7) is 8.03. The van der Waals surface area contributed by atoms with Crippen LogP contribution in [-0.2, 0) is 6.54 Å². The third kappa shape index (κ3) is 6.28. The van der Waals surface area contributed by atoms with Crippen molar-refractivity contribution in [1.29, 1.82) is 0 Å². The van der Waals surface area contributed by atoms with Crippen molar-refractivity contribution in [1.82, 2.24) is 20.1 Å². The summed E-state index contributed by atoms with van der Waals surface area (Å²) in [6, 6.07) is 19.0. The zero-order valence-electron chi connectivity index (χ0n) is 23.3.